The summed E-state index contributed by atoms with van der Waals surface area (Å²) >= 11 is 0. The van der Waals surface area contributed by atoms with Gasteiger partial charge in [-0.05, 0) is 25.0 Å². The van der Waals surface area contributed by atoms with E-state index >= 15 is 0 Å². The molecule has 0 atom stereocenters. The highest BCUT2D eigenvalue weighted by Gasteiger charge is 2.12. The van der Waals surface area contributed by atoms with Gasteiger partial charge in [-0.1, -0.05) is 0 Å². The number of rotatable bonds is 5. The predicted octanol–water partition coefficient (Wildman–Crippen LogP) is 2.05. The Bertz CT molecular complexity index is 503. The maximum Gasteiger partial charge on any atom is 0.270 e. The molecule has 0 aliphatic carbocycles. The molecule has 0 aliphatic heterocycles. The van der Waals surface area contributed by atoms with E-state index in [1.807, 2.05) is 0 Å². The van der Waals surface area contributed by atoms with Gasteiger partial charge in [0.15, 0.2) is 0 Å². The fourth-order valence-electron chi connectivity index (χ4n) is 1.49. The van der Waals surface area contributed by atoms with Crippen molar-refractivity contribution in [1.82, 2.24) is 5.32 Å². The fourth-order valence-corrected chi connectivity index (χ4v) is 1.49. The third kappa shape index (κ3) is 3.91. The number of carbonyl (C=O) groups excluding carboxylic acids is 1. The Morgan fingerprint density at radius 1 is 1.50 bits per heavy atom. The molecule has 0 spiro atoms. The zero-order valence-corrected chi connectivity index (χ0v) is 10.1. The third-order valence-corrected chi connectivity index (χ3v) is 2.32. The van der Waals surface area contributed by atoms with Gasteiger partial charge in [0, 0.05) is 30.7 Å². The van der Waals surface area contributed by atoms with E-state index in [2.05, 4.69) is 11.2 Å². The summed E-state index contributed by atoms with van der Waals surface area (Å²) in [4.78, 5) is 21.9. The van der Waals surface area contributed by atoms with Gasteiger partial charge in [-0.15, -0.1) is 12.3 Å². The number of nitrogens with one attached hydrogen (secondary N) is 1. The molecular weight excluding hydrogens is 232 g/mol. The van der Waals surface area contributed by atoms with Crippen LogP contribution in [-0.4, -0.2) is 17.4 Å². The number of benzene rings is 1. The molecule has 0 heterocycles. The lowest BCUT2D eigenvalue weighted by Gasteiger charge is -2.05. The van der Waals surface area contributed by atoms with Crippen LogP contribution in [-0.2, 0) is 0 Å². The van der Waals surface area contributed by atoms with Crippen LogP contribution in [0.5, 0.6) is 0 Å². The van der Waals surface area contributed by atoms with Gasteiger partial charge in [-0.2, -0.15) is 0 Å². The first-order valence-corrected chi connectivity index (χ1v) is 5.52. The number of amides is 1. The average Bonchev–Trinajstić information content (AvgIpc) is 2.33. The normalized spacial score (nSPS) is 9.56. The van der Waals surface area contributed by atoms with Crippen LogP contribution in [0.1, 0.15) is 28.8 Å². The summed E-state index contributed by atoms with van der Waals surface area (Å²) in [6.45, 7) is 2.17. The average molecular weight is 246 g/mol. The van der Waals surface area contributed by atoms with Crippen molar-refractivity contribution in [3.05, 3.63) is 39.4 Å². The Kier molecular flexibility index (Phi) is 4.88. The van der Waals surface area contributed by atoms with Crippen LogP contribution in [0.2, 0.25) is 0 Å². The first-order valence-electron chi connectivity index (χ1n) is 5.52. The van der Waals surface area contributed by atoms with Crippen molar-refractivity contribution in [2.24, 2.45) is 0 Å². The SMILES string of the molecule is C#CCCCNC(=O)c1cc(C)cc([N+](=O)[O-])c1. The Morgan fingerprint density at radius 2 is 2.22 bits per heavy atom. The van der Waals surface area contributed by atoms with Gasteiger partial charge in [0.05, 0.1) is 4.92 Å². The smallest absolute Gasteiger partial charge is 0.270 e. The van der Waals surface area contributed by atoms with Crippen LogP contribution >= 0.6 is 0 Å². The van der Waals surface area contributed by atoms with Crippen molar-refractivity contribution in [2.75, 3.05) is 6.54 Å². The topological polar surface area (TPSA) is 72.2 Å². The molecule has 1 aromatic carbocycles. The summed E-state index contributed by atoms with van der Waals surface area (Å²) in [7, 11) is 0. The zero-order chi connectivity index (χ0) is 13.5. The lowest BCUT2D eigenvalue weighted by atomic mass is 10.1. The molecule has 0 unspecified atom stereocenters. The quantitative estimate of drug-likeness (QED) is 0.374. The predicted molar refractivity (Wildman–Crippen MR) is 68.2 cm³/mol. The van der Waals surface area contributed by atoms with Gasteiger partial charge < -0.3 is 5.32 Å². The standard InChI is InChI=1S/C13H14N2O3/c1-3-4-5-6-14-13(16)11-7-10(2)8-12(9-11)15(17)18/h1,7-9H,4-6H2,2H3,(H,14,16). The van der Waals surface area contributed by atoms with Gasteiger partial charge in [-0.25, -0.2) is 0 Å². The molecule has 0 saturated carbocycles. The van der Waals surface area contributed by atoms with Crippen molar-refractivity contribution in [2.45, 2.75) is 19.8 Å². The van der Waals surface area contributed by atoms with E-state index < -0.39 is 4.92 Å². The van der Waals surface area contributed by atoms with Crippen molar-refractivity contribution in [1.29, 1.82) is 0 Å². The van der Waals surface area contributed by atoms with Gasteiger partial charge >= 0.3 is 0 Å². The van der Waals surface area contributed by atoms with Crippen molar-refractivity contribution >= 4 is 11.6 Å². The summed E-state index contributed by atoms with van der Waals surface area (Å²) in [5, 5.41) is 13.3. The van der Waals surface area contributed by atoms with Crippen molar-refractivity contribution in [3.8, 4) is 12.3 Å². The summed E-state index contributed by atoms with van der Waals surface area (Å²) in [6, 6.07) is 4.31. The van der Waals surface area contributed by atoms with E-state index in [4.69, 9.17) is 6.42 Å². The molecule has 1 rings (SSSR count). The minimum atomic E-state index is -0.512. The van der Waals surface area contributed by atoms with Crippen LogP contribution in [0.25, 0.3) is 0 Å². The largest absolute Gasteiger partial charge is 0.352 e. The Labute approximate surface area is 105 Å². The van der Waals surface area contributed by atoms with Crippen molar-refractivity contribution in [3.63, 3.8) is 0 Å². The van der Waals surface area contributed by atoms with Crippen LogP contribution in [0.15, 0.2) is 18.2 Å². The number of non-ortho nitro benzene ring substituents is 1. The number of terminal acetylenes is 1. The minimum Gasteiger partial charge on any atom is -0.352 e. The van der Waals surface area contributed by atoms with Gasteiger partial charge in [-0.3, -0.25) is 14.9 Å². The van der Waals surface area contributed by atoms with E-state index in [9.17, 15) is 14.9 Å². The molecule has 94 valence electrons. The van der Waals surface area contributed by atoms with E-state index in [-0.39, 0.29) is 11.6 Å². The number of hydrogen-bond acceptors (Lipinski definition) is 3. The number of nitrogens with zero attached hydrogens (tertiary/aromatic N) is 1. The highest BCUT2D eigenvalue weighted by atomic mass is 16.6. The maximum absolute atomic E-state index is 11.7. The summed E-state index contributed by atoms with van der Waals surface area (Å²) in [6.07, 6.45) is 6.37. The lowest BCUT2D eigenvalue weighted by molar-refractivity contribution is -0.384. The number of nitro benzene ring substituents is 1. The second kappa shape index (κ2) is 6.40. The van der Waals surface area contributed by atoms with E-state index in [1.165, 1.54) is 12.1 Å². The Hall–Kier alpha value is -2.35. The van der Waals surface area contributed by atoms with E-state index in [0.717, 1.165) is 0 Å². The molecule has 1 amide bonds. The van der Waals surface area contributed by atoms with Gasteiger partial charge in [0.2, 0.25) is 0 Å². The number of unbranched alkanes of at least 4 members (excludes halogenated alkanes) is 1. The van der Waals surface area contributed by atoms with Crippen molar-refractivity contribution < 1.29 is 9.72 Å². The molecule has 0 aliphatic rings. The number of nitro groups is 1. The van der Waals surface area contributed by atoms with E-state index in [0.29, 0.717) is 30.5 Å². The Morgan fingerprint density at radius 3 is 2.83 bits per heavy atom. The summed E-state index contributed by atoms with van der Waals surface area (Å²) in [5.41, 5.74) is 0.893. The molecule has 0 fully saturated rings. The fraction of sp³-hybridized carbons (Fsp3) is 0.308. The number of hydrogen-bond donors (Lipinski definition) is 1. The minimum absolute atomic E-state index is 0.0798. The van der Waals surface area contributed by atoms with Gasteiger partial charge in [0.25, 0.3) is 11.6 Å². The second-order valence-corrected chi connectivity index (χ2v) is 3.88. The Balaban J connectivity index is 2.74. The molecule has 18 heavy (non-hydrogen) atoms. The first-order chi connectivity index (χ1) is 8.54. The highest BCUT2D eigenvalue weighted by molar-refractivity contribution is 5.95. The third-order valence-electron chi connectivity index (χ3n) is 2.32. The molecule has 1 aromatic rings. The molecule has 0 radical (unpaired) electrons. The van der Waals surface area contributed by atoms with Crippen LogP contribution in [0, 0.1) is 29.4 Å². The van der Waals surface area contributed by atoms with Crippen LogP contribution < -0.4 is 5.32 Å². The first kappa shape index (κ1) is 13.7. The zero-order valence-electron chi connectivity index (χ0n) is 10.1. The molecule has 5 heteroatoms. The molecular formula is C13H14N2O3. The molecule has 0 aromatic heterocycles. The lowest BCUT2D eigenvalue weighted by Crippen LogP contribution is -2.24. The van der Waals surface area contributed by atoms with Crippen LogP contribution in [0.4, 0.5) is 5.69 Å². The van der Waals surface area contributed by atoms with Gasteiger partial charge in [0.1, 0.15) is 0 Å². The van der Waals surface area contributed by atoms with Crippen LogP contribution in [0.3, 0.4) is 0 Å². The second-order valence-electron chi connectivity index (χ2n) is 3.88. The number of aryl methyl sites for hydroxylation is 1. The van der Waals surface area contributed by atoms with E-state index in [1.54, 1.807) is 13.0 Å². The summed E-state index contributed by atoms with van der Waals surface area (Å²) in [5.74, 6) is 2.15. The molecule has 1 N–H and O–H groups in total. The summed E-state index contributed by atoms with van der Waals surface area (Å²) < 4.78 is 0. The molecule has 0 saturated heterocycles. The molecule has 0 bridgehead atoms. The monoisotopic (exact) mass is 246 g/mol. The number of carbonyl (C=O) groups is 1. The highest BCUT2D eigenvalue weighted by Crippen LogP contribution is 2.16. The molecule has 5 nitrogen and oxygen atoms in total. The maximum atomic E-state index is 11.7.